The number of para-hydroxylation sites is 3. The van der Waals surface area contributed by atoms with Crippen LogP contribution in [0.1, 0.15) is 51.0 Å². The highest BCUT2D eigenvalue weighted by atomic mass is 15.0. The van der Waals surface area contributed by atoms with Gasteiger partial charge in [-0.15, -0.1) is 0 Å². The van der Waals surface area contributed by atoms with Crippen molar-refractivity contribution in [2.24, 2.45) is 0 Å². The van der Waals surface area contributed by atoms with Gasteiger partial charge in [-0.1, -0.05) is 106 Å². The van der Waals surface area contributed by atoms with Gasteiger partial charge in [-0.05, 0) is 96.1 Å². The molecule has 0 radical (unpaired) electrons. The molecule has 0 fully saturated rings. The Labute approximate surface area is 265 Å². The molecule has 0 aliphatic rings. The predicted molar refractivity (Wildman–Crippen MR) is 193 cm³/mol. The Morgan fingerprint density at radius 3 is 1.60 bits per heavy atom. The quantitative estimate of drug-likeness (QED) is 0.169. The number of rotatable bonds is 8. The Morgan fingerprint density at radius 1 is 0.467 bits per heavy atom. The van der Waals surface area contributed by atoms with Gasteiger partial charge in [0.15, 0.2) is 0 Å². The van der Waals surface area contributed by atoms with Crippen LogP contribution in [0.5, 0.6) is 0 Å². The van der Waals surface area contributed by atoms with E-state index in [4.69, 9.17) is 0 Å². The fourth-order valence-corrected chi connectivity index (χ4v) is 7.39. The van der Waals surface area contributed by atoms with Gasteiger partial charge < -0.3 is 9.13 Å². The van der Waals surface area contributed by atoms with Gasteiger partial charge in [0.25, 0.3) is 0 Å². The van der Waals surface area contributed by atoms with Gasteiger partial charge in [-0.3, -0.25) is 0 Å². The summed E-state index contributed by atoms with van der Waals surface area (Å²) in [5.41, 5.74) is 11.3. The summed E-state index contributed by atoms with van der Waals surface area (Å²) in [7, 11) is 0. The van der Waals surface area contributed by atoms with Gasteiger partial charge in [0, 0.05) is 32.9 Å². The zero-order valence-electron chi connectivity index (χ0n) is 26.1. The first-order valence-corrected chi connectivity index (χ1v) is 16.5. The summed E-state index contributed by atoms with van der Waals surface area (Å²) in [5, 5.41) is 5.17. The van der Waals surface area contributed by atoms with Crippen LogP contribution in [0.25, 0.3) is 66.1 Å². The number of aromatic nitrogens is 2. The molecule has 0 aliphatic carbocycles. The number of nitrogens with zero attached hydrogens (tertiary/aromatic N) is 2. The highest BCUT2D eigenvalue weighted by molar-refractivity contribution is 6.12. The molecule has 2 nitrogen and oxygen atoms in total. The highest BCUT2D eigenvalue weighted by Gasteiger charge is 2.18. The van der Waals surface area contributed by atoms with Gasteiger partial charge in [-0.2, -0.15) is 0 Å². The summed E-state index contributed by atoms with van der Waals surface area (Å²) in [6, 6.07) is 51.5. The molecule has 8 aromatic rings. The lowest BCUT2D eigenvalue weighted by molar-refractivity contribution is 0.570. The van der Waals surface area contributed by atoms with Crippen LogP contribution in [-0.4, -0.2) is 9.13 Å². The maximum absolute atomic E-state index is 2.47. The molecule has 6 aromatic carbocycles. The average Bonchev–Trinajstić information content (AvgIpc) is 3.61. The molecule has 0 unspecified atom stereocenters. The summed E-state index contributed by atoms with van der Waals surface area (Å²) < 4.78 is 4.84. The van der Waals surface area contributed by atoms with Crippen LogP contribution < -0.4 is 0 Å². The first-order chi connectivity index (χ1) is 22.2. The van der Waals surface area contributed by atoms with Crippen molar-refractivity contribution in [1.29, 1.82) is 0 Å². The molecule has 2 heteroatoms. The third-order valence-electron chi connectivity index (χ3n) is 9.70. The molecule has 8 rings (SSSR count). The summed E-state index contributed by atoms with van der Waals surface area (Å²) in [6.45, 7) is 4.62. The normalized spacial score (nSPS) is 12.5. The molecular weight excluding hydrogens is 544 g/mol. The molecule has 0 bridgehead atoms. The van der Waals surface area contributed by atoms with Crippen molar-refractivity contribution in [2.45, 2.75) is 45.4 Å². The fourth-order valence-electron chi connectivity index (χ4n) is 7.39. The number of unbranched alkanes of at least 4 members (excludes halogenated alkanes) is 1. The third kappa shape index (κ3) is 4.64. The van der Waals surface area contributed by atoms with E-state index in [0.29, 0.717) is 5.92 Å². The van der Waals surface area contributed by atoms with Gasteiger partial charge in [0.2, 0.25) is 0 Å². The van der Waals surface area contributed by atoms with E-state index in [9.17, 15) is 0 Å². The lowest BCUT2D eigenvalue weighted by atomic mass is 9.90. The summed E-state index contributed by atoms with van der Waals surface area (Å²) in [4.78, 5) is 0. The van der Waals surface area contributed by atoms with Crippen molar-refractivity contribution >= 4 is 43.6 Å². The van der Waals surface area contributed by atoms with E-state index in [1.54, 1.807) is 0 Å². The number of hydrogen-bond acceptors (Lipinski definition) is 0. The van der Waals surface area contributed by atoms with Crippen molar-refractivity contribution < 1.29 is 0 Å². The molecule has 0 saturated heterocycles. The van der Waals surface area contributed by atoms with Crippen LogP contribution >= 0.6 is 0 Å². The standard InChI is InChI=1S/C43H38N2/c1-3-5-14-30(4-2)33-21-24-37-39-28-32(23-26-42(39)45(43(37)29-33)35-17-10-7-11-18-35)31-22-25-41-38(27-31)36-19-12-13-20-40(36)44(41)34-15-8-6-9-16-34/h6-13,15-30H,3-5,14H2,1-2H3/t30-/m1/s1. The fraction of sp³-hybridized carbons (Fsp3) is 0.163. The van der Waals surface area contributed by atoms with Gasteiger partial charge in [0.1, 0.15) is 0 Å². The van der Waals surface area contributed by atoms with Crippen LogP contribution in [-0.2, 0) is 0 Å². The van der Waals surface area contributed by atoms with Crippen LogP contribution in [0.15, 0.2) is 140 Å². The van der Waals surface area contributed by atoms with Gasteiger partial charge in [-0.25, -0.2) is 0 Å². The van der Waals surface area contributed by atoms with Crippen molar-refractivity contribution in [1.82, 2.24) is 9.13 Å². The Hall–Kier alpha value is -5.08. The lowest BCUT2D eigenvalue weighted by Gasteiger charge is -2.16. The largest absolute Gasteiger partial charge is 0.309 e. The lowest BCUT2D eigenvalue weighted by Crippen LogP contribution is -1.99. The molecule has 0 aliphatic heterocycles. The minimum atomic E-state index is 0.594. The van der Waals surface area contributed by atoms with Crippen molar-refractivity contribution in [3.8, 4) is 22.5 Å². The zero-order chi connectivity index (χ0) is 30.3. The van der Waals surface area contributed by atoms with E-state index in [2.05, 4.69) is 163 Å². The zero-order valence-corrected chi connectivity index (χ0v) is 26.1. The molecule has 45 heavy (non-hydrogen) atoms. The topological polar surface area (TPSA) is 9.86 Å². The van der Waals surface area contributed by atoms with E-state index in [-0.39, 0.29) is 0 Å². The SMILES string of the molecule is CCCC[C@@H](CC)c1ccc2c3cc(-c4ccc5c(c4)c4ccccc4n5-c4ccccc4)ccc3n(-c3ccccc3)c2c1. The minimum absolute atomic E-state index is 0.594. The molecule has 0 spiro atoms. The van der Waals surface area contributed by atoms with Crippen LogP contribution in [0.3, 0.4) is 0 Å². The van der Waals surface area contributed by atoms with Crippen LogP contribution in [0.4, 0.5) is 0 Å². The van der Waals surface area contributed by atoms with Crippen molar-refractivity contribution in [3.05, 3.63) is 145 Å². The monoisotopic (exact) mass is 582 g/mol. The third-order valence-corrected chi connectivity index (χ3v) is 9.70. The van der Waals surface area contributed by atoms with E-state index in [0.717, 1.165) is 0 Å². The highest BCUT2D eigenvalue weighted by Crippen LogP contribution is 2.39. The molecular formula is C43H38N2. The molecule has 0 N–H and O–H groups in total. The Balaban J connectivity index is 1.32. The number of hydrogen-bond donors (Lipinski definition) is 0. The molecule has 2 aromatic heterocycles. The van der Waals surface area contributed by atoms with E-state index >= 15 is 0 Å². The number of fused-ring (bicyclic) bond motifs is 6. The molecule has 1 atom stereocenters. The first-order valence-electron chi connectivity index (χ1n) is 16.5. The Kier molecular flexibility index (Phi) is 6.99. The van der Waals surface area contributed by atoms with Gasteiger partial charge >= 0.3 is 0 Å². The van der Waals surface area contributed by atoms with Crippen LogP contribution in [0, 0.1) is 0 Å². The first kappa shape index (κ1) is 27.5. The van der Waals surface area contributed by atoms with Crippen LogP contribution in [0.2, 0.25) is 0 Å². The maximum Gasteiger partial charge on any atom is 0.0543 e. The average molecular weight is 583 g/mol. The summed E-state index contributed by atoms with van der Waals surface area (Å²) in [5.74, 6) is 0.594. The predicted octanol–water partition coefficient (Wildman–Crippen LogP) is 12.2. The smallest absolute Gasteiger partial charge is 0.0543 e. The second-order valence-corrected chi connectivity index (χ2v) is 12.3. The summed E-state index contributed by atoms with van der Waals surface area (Å²) >= 11 is 0. The number of benzene rings is 6. The molecule has 220 valence electrons. The minimum Gasteiger partial charge on any atom is -0.309 e. The van der Waals surface area contributed by atoms with Crippen molar-refractivity contribution in [3.63, 3.8) is 0 Å². The van der Waals surface area contributed by atoms with E-state index in [1.165, 1.54) is 97.4 Å². The second-order valence-electron chi connectivity index (χ2n) is 12.3. The van der Waals surface area contributed by atoms with E-state index in [1.807, 2.05) is 0 Å². The molecule has 0 saturated carbocycles. The maximum atomic E-state index is 2.47. The Morgan fingerprint density at radius 2 is 1.00 bits per heavy atom. The van der Waals surface area contributed by atoms with Crippen molar-refractivity contribution in [2.75, 3.05) is 0 Å². The Bertz CT molecular complexity index is 2290. The second kappa shape index (κ2) is 11.4. The molecule has 2 heterocycles. The molecule has 0 amide bonds. The van der Waals surface area contributed by atoms with E-state index < -0.39 is 0 Å². The summed E-state index contributed by atoms with van der Waals surface area (Å²) in [6.07, 6.45) is 4.93. The van der Waals surface area contributed by atoms with Gasteiger partial charge in [0.05, 0.1) is 22.1 Å².